The first kappa shape index (κ1) is 30.3. The van der Waals surface area contributed by atoms with Crippen molar-refractivity contribution in [2.24, 2.45) is 51.8 Å². The fourth-order valence-corrected chi connectivity index (χ4v) is 11.1. The van der Waals surface area contributed by atoms with E-state index < -0.39 is 12.1 Å². The third-order valence-corrected chi connectivity index (χ3v) is 13.4. The maximum Gasteiger partial charge on any atom is 0.303 e. The van der Waals surface area contributed by atoms with Gasteiger partial charge >= 0.3 is 5.97 Å². The highest BCUT2D eigenvalue weighted by atomic mass is 16.4. The molecule has 11 atom stereocenters. The Morgan fingerprint density at radius 1 is 0.925 bits per heavy atom. The number of amides is 1. The van der Waals surface area contributed by atoms with Crippen LogP contribution in [0.2, 0.25) is 0 Å². The van der Waals surface area contributed by atoms with Gasteiger partial charge in [-0.05, 0) is 116 Å². The second-order valence-electron chi connectivity index (χ2n) is 15.4. The molecule has 0 spiro atoms. The lowest BCUT2D eigenvalue weighted by Gasteiger charge is -2.63. The van der Waals surface area contributed by atoms with Gasteiger partial charge in [0.1, 0.15) is 0 Å². The highest BCUT2D eigenvalue weighted by molar-refractivity contribution is 5.76. The lowest BCUT2D eigenvalue weighted by Crippen LogP contribution is -2.62. The van der Waals surface area contributed by atoms with Gasteiger partial charge in [0.15, 0.2) is 0 Å². The highest BCUT2D eigenvalue weighted by Gasteiger charge is 2.65. The molecule has 7 nitrogen and oxygen atoms in total. The predicted molar refractivity (Wildman–Crippen MR) is 153 cm³/mol. The number of aliphatic hydroxyl groups is 3. The summed E-state index contributed by atoms with van der Waals surface area (Å²) in [6, 6.07) is 0. The molecule has 5 aliphatic carbocycles. The molecule has 5 rings (SSSR count). The number of aliphatic hydroxyl groups excluding tert-OH is 3. The number of aliphatic carboxylic acids is 1. The fourth-order valence-electron chi connectivity index (χ4n) is 11.1. The zero-order chi connectivity index (χ0) is 28.9. The smallest absolute Gasteiger partial charge is 0.303 e. The minimum atomic E-state index is -0.782. The zero-order valence-corrected chi connectivity index (χ0v) is 25.1. The van der Waals surface area contributed by atoms with Crippen LogP contribution in [0.25, 0.3) is 0 Å². The number of nitrogens with one attached hydrogen (secondary N) is 1. The van der Waals surface area contributed by atoms with Crippen LogP contribution in [0.1, 0.15) is 117 Å². The van der Waals surface area contributed by atoms with Crippen LogP contribution < -0.4 is 5.32 Å². The molecule has 0 saturated heterocycles. The van der Waals surface area contributed by atoms with E-state index in [9.17, 15) is 30.0 Å². The zero-order valence-electron chi connectivity index (χ0n) is 25.1. The summed E-state index contributed by atoms with van der Waals surface area (Å²) >= 11 is 0. The van der Waals surface area contributed by atoms with Crippen LogP contribution in [-0.4, -0.2) is 57.2 Å². The van der Waals surface area contributed by atoms with Crippen LogP contribution in [0.4, 0.5) is 0 Å². The van der Waals surface area contributed by atoms with Gasteiger partial charge in [0.25, 0.3) is 0 Å². The summed E-state index contributed by atoms with van der Waals surface area (Å²) in [5, 5.41) is 46.1. The van der Waals surface area contributed by atoms with Crippen molar-refractivity contribution in [3.8, 4) is 0 Å². The van der Waals surface area contributed by atoms with Crippen LogP contribution in [0.3, 0.4) is 0 Å². The molecule has 228 valence electrons. The molecule has 1 amide bonds. The first-order chi connectivity index (χ1) is 18.9. The number of rotatable bonds is 8. The number of carbonyl (C=O) groups excluding carboxylic acids is 1. The first-order valence-electron chi connectivity index (χ1n) is 16.4. The van der Waals surface area contributed by atoms with Crippen LogP contribution >= 0.6 is 0 Å². The fraction of sp³-hybridized carbons (Fsp3) is 0.939. The van der Waals surface area contributed by atoms with Crippen molar-refractivity contribution >= 4 is 11.9 Å². The van der Waals surface area contributed by atoms with Crippen LogP contribution in [-0.2, 0) is 9.59 Å². The summed E-state index contributed by atoms with van der Waals surface area (Å²) in [7, 11) is 0. The number of carbonyl (C=O) groups is 2. The van der Waals surface area contributed by atoms with Gasteiger partial charge in [0, 0.05) is 13.0 Å². The largest absolute Gasteiger partial charge is 0.481 e. The third-order valence-electron chi connectivity index (χ3n) is 13.4. The minimum absolute atomic E-state index is 0.00676. The SMILES string of the molecule is C[C@H](CCC(=O)NCC1(CC(=O)O)CCCCC1)[C@H]1CC[C@H]2[C@@H]3[C@H](O)C[C@@H]4C[C@H](O)CC[C@]4(C)[C@H]3C[C@H](O)[C@]12C. The van der Waals surface area contributed by atoms with Gasteiger partial charge in [-0.2, -0.15) is 0 Å². The lowest BCUT2D eigenvalue weighted by molar-refractivity contribution is -0.207. The number of fused-ring (bicyclic) bond motifs is 5. The quantitative estimate of drug-likeness (QED) is 0.287. The van der Waals surface area contributed by atoms with E-state index >= 15 is 0 Å². The van der Waals surface area contributed by atoms with Crippen molar-refractivity contribution in [2.75, 3.05) is 6.54 Å². The number of carboxylic acid groups (broad SMARTS) is 1. The standard InChI is InChI=1S/C33H55NO6/c1-20(7-10-28(38)34-19-33(18-29(39)40)12-5-4-6-13-33)23-8-9-24-30-25(17-27(37)32(23,24)3)31(2)14-11-22(35)15-21(31)16-26(30)36/h20-27,30,35-37H,4-19H2,1-3H3,(H,34,38)(H,39,40)/t20-,21+,22-,23-,24+,25+,26-,27+,30+,31+,32-/m1/s1. The maximum absolute atomic E-state index is 12.9. The van der Waals surface area contributed by atoms with E-state index in [-0.39, 0.29) is 58.5 Å². The molecule has 7 heteroatoms. The molecule has 0 aromatic carbocycles. The van der Waals surface area contributed by atoms with E-state index in [0.717, 1.165) is 83.5 Å². The van der Waals surface area contributed by atoms with Gasteiger partial charge in [-0.3, -0.25) is 9.59 Å². The van der Waals surface area contributed by atoms with Gasteiger partial charge in [-0.1, -0.05) is 40.0 Å². The lowest BCUT2D eigenvalue weighted by atomic mass is 9.43. The third kappa shape index (κ3) is 5.37. The van der Waals surface area contributed by atoms with Gasteiger partial charge in [0.05, 0.1) is 24.7 Å². The monoisotopic (exact) mass is 561 g/mol. The Morgan fingerprint density at radius 2 is 1.65 bits per heavy atom. The molecule has 40 heavy (non-hydrogen) atoms. The van der Waals surface area contributed by atoms with E-state index in [1.165, 1.54) is 0 Å². The molecule has 0 heterocycles. The van der Waals surface area contributed by atoms with Crippen molar-refractivity contribution in [1.82, 2.24) is 5.32 Å². The first-order valence-corrected chi connectivity index (χ1v) is 16.4. The summed E-state index contributed by atoms with van der Waals surface area (Å²) < 4.78 is 0. The molecule has 5 aliphatic rings. The van der Waals surface area contributed by atoms with Crippen LogP contribution in [0, 0.1) is 51.8 Å². The Balaban J connectivity index is 1.21. The number of hydrogen-bond donors (Lipinski definition) is 5. The van der Waals surface area contributed by atoms with E-state index in [1.54, 1.807) is 0 Å². The highest BCUT2D eigenvalue weighted by Crippen LogP contribution is 2.68. The topological polar surface area (TPSA) is 127 Å². The summed E-state index contributed by atoms with van der Waals surface area (Å²) in [4.78, 5) is 24.4. The summed E-state index contributed by atoms with van der Waals surface area (Å²) in [6.45, 7) is 7.31. The molecular formula is C33H55NO6. The molecule has 0 unspecified atom stereocenters. The molecular weight excluding hydrogens is 506 g/mol. The predicted octanol–water partition coefficient (Wildman–Crippen LogP) is 4.91. The van der Waals surface area contributed by atoms with Crippen molar-refractivity contribution < 1.29 is 30.0 Å². The molecule has 0 radical (unpaired) electrons. The van der Waals surface area contributed by atoms with Crippen molar-refractivity contribution in [2.45, 2.75) is 135 Å². The molecule has 0 aliphatic heterocycles. The summed E-state index contributed by atoms with van der Waals surface area (Å²) in [6.07, 6.45) is 11.3. The van der Waals surface area contributed by atoms with E-state index in [0.29, 0.717) is 30.7 Å². The molecule has 5 fully saturated rings. The van der Waals surface area contributed by atoms with E-state index in [4.69, 9.17) is 0 Å². The van der Waals surface area contributed by atoms with Gasteiger partial charge < -0.3 is 25.7 Å². The minimum Gasteiger partial charge on any atom is -0.481 e. The van der Waals surface area contributed by atoms with E-state index in [2.05, 4.69) is 26.1 Å². The Labute approximate surface area is 240 Å². The summed E-state index contributed by atoms with van der Waals surface area (Å²) in [5.74, 6) is 0.910. The Morgan fingerprint density at radius 3 is 2.35 bits per heavy atom. The Kier molecular flexibility index (Phi) is 8.69. The normalized spacial score (nSPS) is 45.0. The van der Waals surface area contributed by atoms with Crippen LogP contribution in [0.5, 0.6) is 0 Å². The second-order valence-corrected chi connectivity index (χ2v) is 15.4. The van der Waals surface area contributed by atoms with Crippen LogP contribution in [0.15, 0.2) is 0 Å². The number of carboxylic acids is 1. The average Bonchev–Trinajstić information content (AvgIpc) is 3.26. The van der Waals surface area contributed by atoms with Crippen molar-refractivity contribution in [3.05, 3.63) is 0 Å². The maximum atomic E-state index is 12.9. The van der Waals surface area contributed by atoms with E-state index in [1.807, 2.05) is 0 Å². The molecule has 0 aromatic rings. The van der Waals surface area contributed by atoms with Crippen molar-refractivity contribution in [1.29, 1.82) is 0 Å². The van der Waals surface area contributed by atoms with Crippen molar-refractivity contribution in [3.63, 3.8) is 0 Å². The molecule has 5 N–H and O–H groups in total. The molecule has 0 aromatic heterocycles. The molecule has 0 bridgehead atoms. The second kappa shape index (κ2) is 11.5. The Hall–Kier alpha value is -1.18. The van der Waals surface area contributed by atoms with Gasteiger partial charge in [-0.15, -0.1) is 0 Å². The Bertz CT molecular complexity index is 934. The van der Waals surface area contributed by atoms with Gasteiger partial charge in [0.2, 0.25) is 5.91 Å². The summed E-state index contributed by atoms with van der Waals surface area (Å²) in [5.41, 5.74) is -0.500. The number of hydrogen-bond acceptors (Lipinski definition) is 5. The molecule has 5 saturated carbocycles. The van der Waals surface area contributed by atoms with Gasteiger partial charge in [-0.25, -0.2) is 0 Å². The average molecular weight is 562 g/mol.